The van der Waals surface area contributed by atoms with Crippen LogP contribution in [0.3, 0.4) is 0 Å². The zero-order valence-corrected chi connectivity index (χ0v) is 11.8. The van der Waals surface area contributed by atoms with Crippen molar-refractivity contribution in [2.24, 2.45) is 7.05 Å². The topological polar surface area (TPSA) is 84.7 Å². The average molecular weight is 274 g/mol. The molecule has 2 aromatic rings. The average Bonchev–Trinajstić information content (AvgIpc) is 2.85. The lowest BCUT2D eigenvalue weighted by atomic mass is 10.2. The predicted octanol–water partition coefficient (Wildman–Crippen LogP) is 1.13. The Morgan fingerprint density at radius 3 is 2.95 bits per heavy atom. The van der Waals surface area contributed by atoms with Gasteiger partial charge in [-0.25, -0.2) is 0 Å². The smallest absolute Gasteiger partial charge is 0.269 e. The number of amides is 1. The molecule has 0 fully saturated rings. The van der Waals surface area contributed by atoms with Gasteiger partial charge in [0.25, 0.3) is 5.91 Å². The number of pyridine rings is 1. The van der Waals surface area contributed by atoms with E-state index in [9.17, 15) is 4.79 Å². The van der Waals surface area contributed by atoms with Gasteiger partial charge in [-0.3, -0.25) is 9.78 Å². The highest BCUT2D eigenvalue weighted by atomic mass is 16.1. The summed E-state index contributed by atoms with van der Waals surface area (Å²) in [6, 6.07) is 3.51. The first-order valence-electron chi connectivity index (χ1n) is 6.46. The van der Waals surface area contributed by atoms with Gasteiger partial charge in [-0.1, -0.05) is 0 Å². The third-order valence-corrected chi connectivity index (χ3v) is 2.85. The molecule has 0 aliphatic heterocycles. The van der Waals surface area contributed by atoms with Crippen molar-refractivity contribution in [3.8, 4) is 0 Å². The van der Waals surface area contributed by atoms with Crippen molar-refractivity contribution in [2.45, 2.75) is 19.9 Å². The highest BCUT2D eigenvalue weighted by Crippen LogP contribution is 2.17. The maximum atomic E-state index is 11.7. The quantitative estimate of drug-likeness (QED) is 0.854. The second-order valence-corrected chi connectivity index (χ2v) is 4.46. The largest absolute Gasteiger partial charge is 0.375 e. The Kier molecular flexibility index (Phi) is 4.29. The van der Waals surface area contributed by atoms with Crippen LogP contribution in [-0.4, -0.2) is 32.2 Å². The Hall–Kier alpha value is -2.44. The number of anilines is 1. The number of carbonyl (C=O) groups is 1. The Morgan fingerprint density at radius 1 is 1.50 bits per heavy atom. The SMILES string of the molecule is CCNC(=O)c1cc(NC(C)c2nncn2C)ccn1. The standard InChI is InChI=1S/C13H18N6O/c1-4-14-13(20)11-7-10(5-6-15-11)17-9(2)12-18-16-8-19(12)3/h5-9H,4H2,1-3H3,(H,14,20)(H,15,17). The van der Waals surface area contributed by atoms with E-state index in [1.807, 2.05) is 31.5 Å². The maximum absolute atomic E-state index is 11.7. The third kappa shape index (κ3) is 3.11. The molecule has 20 heavy (non-hydrogen) atoms. The first kappa shape index (κ1) is 14.0. The first-order valence-corrected chi connectivity index (χ1v) is 6.46. The van der Waals surface area contributed by atoms with E-state index in [-0.39, 0.29) is 11.9 Å². The second-order valence-electron chi connectivity index (χ2n) is 4.46. The molecule has 0 aliphatic carbocycles. The summed E-state index contributed by atoms with van der Waals surface area (Å²) >= 11 is 0. The molecule has 0 aromatic carbocycles. The van der Waals surface area contributed by atoms with Crippen molar-refractivity contribution < 1.29 is 4.79 Å². The zero-order valence-electron chi connectivity index (χ0n) is 11.8. The van der Waals surface area contributed by atoms with Crippen LogP contribution in [0.4, 0.5) is 5.69 Å². The minimum Gasteiger partial charge on any atom is -0.375 e. The molecule has 2 N–H and O–H groups in total. The lowest BCUT2D eigenvalue weighted by Crippen LogP contribution is -2.23. The maximum Gasteiger partial charge on any atom is 0.269 e. The summed E-state index contributed by atoms with van der Waals surface area (Å²) in [7, 11) is 1.89. The van der Waals surface area contributed by atoms with Gasteiger partial charge in [0.2, 0.25) is 0 Å². The summed E-state index contributed by atoms with van der Waals surface area (Å²) < 4.78 is 1.85. The summed E-state index contributed by atoms with van der Waals surface area (Å²) in [5.74, 6) is 0.642. The minimum absolute atomic E-state index is 0.0213. The van der Waals surface area contributed by atoms with E-state index in [1.165, 1.54) is 0 Å². The Balaban J connectivity index is 2.12. The van der Waals surface area contributed by atoms with E-state index in [0.29, 0.717) is 12.2 Å². The number of hydrogen-bond donors (Lipinski definition) is 2. The molecule has 1 atom stereocenters. The number of hydrogen-bond acceptors (Lipinski definition) is 5. The highest BCUT2D eigenvalue weighted by molar-refractivity contribution is 5.93. The third-order valence-electron chi connectivity index (χ3n) is 2.85. The first-order chi connectivity index (χ1) is 9.61. The molecule has 2 aromatic heterocycles. The van der Waals surface area contributed by atoms with Crippen LogP contribution < -0.4 is 10.6 Å². The van der Waals surface area contributed by atoms with Crippen LogP contribution in [0.25, 0.3) is 0 Å². The molecule has 0 bridgehead atoms. The summed E-state index contributed by atoms with van der Waals surface area (Å²) in [6.07, 6.45) is 3.26. The number of carbonyl (C=O) groups excluding carboxylic acids is 1. The Labute approximate surface area is 117 Å². The van der Waals surface area contributed by atoms with Gasteiger partial charge in [-0.05, 0) is 26.0 Å². The molecule has 0 radical (unpaired) electrons. The van der Waals surface area contributed by atoms with Gasteiger partial charge in [-0.2, -0.15) is 0 Å². The molecule has 2 rings (SSSR count). The molecule has 0 spiro atoms. The lowest BCUT2D eigenvalue weighted by Gasteiger charge is -2.14. The number of rotatable bonds is 5. The van der Waals surface area contributed by atoms with Crippen molar-refractivity contribution in [2.75, 3.05) is 11.9 Å². The van der Waals surface area contributed by atoms with Crippen molar-refractivity contribution in [3.63, 3.8) is 0 Å². The summed E-state index contributed by atoms with van der Waals surface area (Å²) in [5.41, 5.74) is 1.21. The molecular formula is C13H18N6O. The monoisotopic (exact) mass is 274 g/mol. The van der Waals surface area contributed by atoms with E-state index >= 15 is 0 Å². The van der Waals surface area contributed by atoms with Crippen molar-refractivity contribution in [3.05, 3.63) is 36.2 Å². The van der Waals surface area contributed by atoms with Crippen LogP contribution >= 0.6 is 0 Å². The molecule has 1 amide bonds. The van der Waals surface area contributed by atoms with Crippen LogP contribution in [0.15, 0.2) is 24.7 Å². The fourth-order valence-corrected chi connectivity index (χ4v) is 1.89. The summed E-state index contributed by atoms with van der Waals surface area (Å²) in [5, 5.41) is 13.9. The summed E-state index contributed by atoms with van der Waals surface area (Å²) in [6.45, 7) is 4.43. The van der Waals surface area contributed by atoms with Crippen LogP contribution in [0.1, 0.15) is 36.2 Å². The van der Waals surface area contributed by atoms with E-state index in [1.54, 1.807) is 18.6 Å². The van der Waals surface area contributed by atoms with Crippen molar-refractivity contribution in [1.82, 2.24) is 25.1 Å². The van der Waals surface area contributed by atoms with E-state index in [2.05, 4.69) is 25.8 Å². The van der Waals surface area contributed by atoms with Crippen LogP contribution in [-0.2, 0) is 7.05 Å². The normalized spacial score (nSPS) is 11.9. The van der Waals surface area contributed by atoms with Crippen LogP contribution in [0.2, 0.25) is 0 Å². The van der Waals surface area contributed by atoms with Gasteiger partial charge in [0.05, 0.1) is 6.04 Å². The number of nitrogens with zero attached hydrogens (tertiary/aromatic N) is 4. The van der Waals surface area contributed by atoms with Crippen LogP contribution in [0, 0.1) is 0 Å². The van der Waals surface area contributed by atoms with Gasteiger partial charge in [0.15, 0.2) is 5.82 Å². The van der Waals surface area contributed by atoms with Gasteiger partial charge < -0.3 is 15.2 Å². The minimum atomic E-state index is -0.178. The van der Waals surface area contributed by atoms with E-state index in [4.69, 9.17) is 0 Å². The number of aromatic nitrogens is 4. The van der Waals surface area contributed by atoms with Crippen LogP contribution in [0.5, 0.6) is 0 Å². The Bertz CT molecular complexity index is 594. The number of aryl methyl sites for hydroxylation is 1. The fraction of sp³-hybridized carbons (Fsp3) is 0.385. The van der Waals surface area contributed by atoms with Crippen molar-refractivity contribution in [1.29, 1.82) is 0 Å². The molecular weight excluding hydrogens is 256 g/mol. The molecule has 106 valence electrons. The molecule has 7 nitrogen and oxygen atoms in total. The highest BCUT2D eigenvalue weighted by Gasteiger charge is 2.12. The molecule has 1 unspecified atom stereocenters. The van der Waals surface area contributed by atoms with Crippen molar-refractivity contribution >= 4 is 11.6 Å². The molecule has 7 heteroatoms. The molecule has 2 heterocycles. The van der Waals surface area contributed by atoms with E-state index < -0.39 is 0 Å². The van der Waals surface area contributed by atoms with Gasteiger partial charge in [0, 0.05) is 25.5 Å². The van der Waals surface area contributed by atoms with Gasteiger partial charge >= 0.3 is 0 Å². The van der Waals surface area contributed by atoms with Gasteiger partial charge in [0.1, 0.15) is 12.0 Å². The lowest BCUT2D eigenvalue weighted by molar-refractivity contribution is 0.0951. The summed E-state index contributed by atoms with van der Waals surface area (Å²) in [4.78, 5) is 15.8. The predicted molar refractivity (Wildman–Crippen MR) is 75.3 cm³/mol. The van der Waals surface area contributed by atoms with E-state index in [0.717, 1.165) is 11.5 Å². The number of nitrogens with one attached hydrogen (secondary N) is 2. The molecule has 0 saturated carbocycles. The second kappa shape index (κ2) is 6.14. The fourth-order valence-electron chi connectivity index (χ4n) is 1.89. The Morgan fingerprint density at radius 2 is 2.30 bits per heavy atom. The van der Waals surface area contributed by atoms with Gasteiger partial charge in [-0.15, -0.1) is 10.2 Å². The molecule has 0 saturated heterocycles. The molecule has 0 aliphatic rings. The zero-order chi connectivity index (χ0) is 14.5.